The van der Waals surface area contributed by atoms with Crippen molar-refractivity contribution in [2.75, 3.05) is 9.80 Å². The molecule has 0 saturated heterocycles. The molecule has 0 N–H and O–H groups in total. The highest BCUT2D eigenvalue weighted by Gasteiger charge is 2.42. The molecule has 6 nitrogen and oxygen atoms in total. The van der Waals surface area contributed by atoms with Gasteiger partial charge in [0.15, 0.2) is 17.5 Å². The van der Waals surface area contributed by atoms with Crippen molar-refractivity contribution in [1.82, 2.24) is 19.5 Å². The van der Waals surface area contributed by atoms with E-state index in [2.05, 4.69) is 266 Å². The zero-order valence-electron chi connectivity index (χ0n) is 44.7. The van der Waals surface area contributed by atoms with Gasteiger partial charge in [0.05, 0.1) is 16.7 Å². The van der Waals surface area contributed by atoms with E-state index in [1.165, 1.54) is 55.5 Å². The first-order valence-corrected chi connectivity index (χ1v) is 27.5. The van der Waals surface area contributed by atoms with Crippen LogP contribution in [0.1, 0.15) is 26.3 Å². The molecule has 0 aliphatic carbocycles. The Bertz CT molecular complexity index is 4450. The van der Waals surface area contributed by atoms with Crippen LogP contribution in [0.3, 0.4) is 0 Å². The number of fused-ring (bicyclic) bond motifs is 7. The summed E-state index contributed by atoms with van der Waals surface area (Å²) in [4.78, 5) is 20.3. The van der Waals surface area contributed by atoms with E-state index >= 15 is 0 Å². The minimum Gasteiger partial charge on any atom is -0.311 e. The maximum atomic E-state index is 5.18. The Balaban J connectivity index is 0.846. The van der Waals surface area contributed by atoms with Gasteiger partial charge in [-0.3, -0.25) is 0 Å². The van der Waals surface area contributed by atoms with E-state index < -0.39 is 0 Å². The minimum atomic E-state index is -0.00312. The summed E-state index contributed by atoms with van der Waals surface area (Å²) in [6.45, 7) is 6.94. The lowest BCUT2D eigenvalue weighted by molar-refractivity contribution is 0.591. The van der Waals surface area contributed by atoms with Crippen molar-refractivity contribution < 1.29 is 0 Å². The van der Waals surface area contributed by atoms with E-state index in [0.717, 1.165) is 67.0 Å². The quantitative estimate of drug-likeness (QED) is 0.142. The molecule has 0 spiro atoms. The molecule has 0 radical (unpaired) electrons. The molecule has 0 atom stereocenters. The Labute approximate surface area is 466 Å². The largest absolute Gasteiger partial charge is 0.311 e. The molecule has 13 aromatic rings. The lowest BCUT2D eigenvalue weighted by Crippen LogP contribution is -2.61. The van der Waals surface area contributed by atoms with Gasteiger partial charge in [0.2, 0.25) is 0 Å². The van der Waals surface area contributed by atoms with Crippen molar-refractivity contribution in [3.63, 3.8) is 0 Å². The van der Waals surface area contributed by atoms with Crippen LogP contribution in [-0.2, 0) is 5.41 Å². The van der Waals surface area contributed by atoms with Gasteiger partial charge in [-0.2, -0.15) is 0 Å². The average molecular weight is 1030 g/mol. The van der Waals surface area contributed by atoms with Crippen LogP contribution < -0.4 is 26.2 Å². The molecule has 2 aliphatic rings. The second-order valence-corrected chi connectivity index (χ2v) is 22.0. The summed E-state index contributed by atoms with van der Waals surface area (Å²) in [6, 6.07) is 96.4. The zero-order valence-corrected chi connectivity index (χ0v) is 44.7. The van der Waals surface area contributed by atoms with Crippen LogP contribution in [0.25, 0.3) is 83.9 Å². The molecule has 2 aromatic heterocycles. The van der Waals surface area contributed by atoms with E-state index in [1.54, 1.807) is 0 Å². The third-order valence-corrected chi connectivity index (χ3v) is 16.2. The van der Waals surface area contributed by atoms with Crippen molar-refractivity contribution in [3.8, 4) is 62.1 Å². The fraction of sp³-hybridized carbons (Fsp3) is 0.0548. The lowest BCUT2D eigenvalue weighted by Gasteiger charge is -2.44. The molecule has 0 saturated carbocycles. The molecular formula is C73H53BN6. The van der Waals surface area contributed by atoms with E-state index in [0.29, 0.717) is 17.5 Å². The number of hydrogen-bond donors (Lipinski definition) is 0. The number of aromatic nitrogens is 4. The number of rotatable bonds is 8. The highest BCUT2D eigenvalue weighted by Crippen LogP contribution is 2.45. The normalized spacial score (nSPS) is 12.6. The number of anilines is 6. The van der Waals surface area contributed by atoms with Gasteiger partial charge in [-0.15, -0.1) is 0 Å². The van der Waals surface area contributed by atoms with Crippen LogP contribution in [0.5, 0.6) is 0 Å². The van der Waals surface area contributed by atoms with Crippen LogP contribution in [0.2, 0.25) is 0 Å². The van der Waals surface area contributed by atoms with Crippen LogP contribution in [0.15, 0.2) is 267 Å². The van der Waals surface area contributed by atoms with E-state index in [-0.39, 0.29) is 12.1 Å². The molecular weight excluding hydrogens is 972 g/mol. The predicted molar refractivity (Wildman–Crippen MR) is 334 cm³/mol. The predicted octanol–water partition coefficient (Wildman–Crippen LogP) is 16.7. The molecule has 0 bridgehead atoms. The highest BCUT2D eigenvalue weighted by molar-refractivity contribution is 7.00. The Morgan fingerprint density at radius 1 is 0.325 bits per heavy atom. The Morgan fingerprint density at radius 3 is 1.39 bits per heavy atom. The standard InChI is InChI=1S/C73H53BN6/c1-73(2,3)54-41-45-64-59(47-54)57-26-13-16-29-62(57)80(64)63-44-40-53(72-76-70(51-20-7-4-8-21-51)75-71(77-72)52-22-9-5-10-23-52)46-58(63)50-36-34-48(35-37-50)49-38-42-56(43-39-49)79-66-31-18-15-28-61(66)74-60-27-14-17-30-65(60)78(55-24-11-6-12-25-55)67-32-19-33-68(79)69(67)74/h4-47H,1-3H3. The molecule has 0 fully saturated rings. The van der Waals surface area contributed by atoms with Gasteiger partial charge in [-0.1, -0.05) is 203 Å². The summed E-state index contributed by atoms with van der Waals surface area (Å²) in [5.74, 6) is 1.87. The first kappa shape index (κ1) is 47.1. The van der Waals surface area contributed by atoms with E-state index in [9.17, 15) is 0 Å². The molecule has 2 aliphatic heterocycles. The van der Waals surface area contributed by atoms with Gasteiger partial charge in [-0.05, 0) is 129 Å². The summed E-state index contributed by atoms with van der Waals surface area (Å²) in [6.07, 6.45) is 0. The molecule has 80 heavy (non-hydrogen) atoms. The summed E-state index contributed by atoms with van der Waals surface area (Å²) >= 11 is 0. The molecule has 4 heterocycles. The van der Waals surface area contributed by atoms with Crippen LogP contribution in [-0.4, -0.2) is 26.2 Å². The fourth-order valence-electron chi connectivity index (χ4n) is 12.4. The smallest absolute Gasteiger partial charge is 0.252 e. The van der Waals surface area contributed by atoms with Crippen molar-refractivity contribution in [1.29, 1.82) is 0 Å². The van der Waals surface area contributed by atoms with Crippen molar-refractivity contribution in [2.45, 2.75) is 26.2 Å². The molecule has 0 amide bonds. The Kier molecular flexibility index (Phi) is 11.1. The van der Waals surface area contributed by atoms with Crippen LogP contribution in [0.4, 0.5) is 34.1 Å². The Morgan fingerprint density at radius 2 is 0.787 bits per heavy atom. The average Bonchev–Trinajstić information content (AvgIpc) is 3.34. The summed E-state index contributed by atoms with van der Waals surface area (Å²) < 4.78 is 2.43. The van der Waals surface area contributed by atoms with Crippen molar-refractivity contribution in [2.24, 2.45) is 0 Å². The zero-order chi connectivity index (χ0) is 53.5. The summed E-state index contributed by atoms with van der Waals surface area (Å²) in [5, 5.41) is 2.46. The molecule has 0 unspecified atom stereocenters. The van der Waals surface area contributed by atoms with Gasteiger partial charge in [0.1, 0.15) is 0 Å². The highest BCUT2D eigenvalue weighted by atomic mass is 15.2. The second kappa shape index (κ2) is 18.8. The maximum absolute atomic E-state index is 5.18. The molecule has 15 rings (SSSR count). The molecule has 378 valence electrons. The van der Waals surface area contributed by atoms with Crippen LogP contribution >= 0.6 is 0 Å². The number of hydrogen-bond acceptors (Lipinski definition) is 5. The summed E-state index contributed by atoms with van der Waals surface area (Å²) in [5.41, 5.74) is 22.9. The third kappa shape index (κ3) is 7.84. The fourth-order valence-corrected chi connectivity index (χ4v) is 12.4. The van der Waals surface area contributed by atoms with Gasteiger partial charge < -0.3 is 14.4 Å². The van der Waals surface area contributed by atoms with Crippen LogP contribution in [0, 0.1) is 0 Å². The second-order valence-electron chi connectivity index (χ2n) is 22.0. The SMILES string of the molecule is CC(C)(C)c1ccc2c(c1)c1ccccc1n2-c1ccc(-c2nc(-c3ccccc3)nc(-c3ccccc3)n2)cc1-c1ccc(-c2ccc(N3c4ccccc4B4c5ccccc5N(c5ccccc5)c5cccc3c54)cc2)cc1. The summed E-state index contributed by atoms with van der Waals surface area (Å²) in [7, 11) is 0. The maximum Gasteiger partial charge on any atom is 0.252 e. The number of nitrogens with zero attached hydrogens (tertiary/aromatic N) is 6. The van der Waals surface area contributed by atoms with Crippen molar-refractivity contribution in [3.05, 3.63) is 272 Å². The van der Waals surface area contributed by atoms with Gasteiger partial charge in [-0.25, -0.2) is 15.0 Å². The third-order valence-electron chi connectivity index (χ3n) is 16.2. The first-order valence-electron chi connectivity index (χ1n) is 27.5. The van der Waals surface area contributed by atoms with Gasteiger partial charge >= 0.3 is 0 Å². The monoisotopic (exact) mass is 1020 g/mol. The van der Waals surface area contributed by atoms with E-state index in [1.807, 2.05) is 36.4 Å². The van der Waals surface area contributed by atoms with Gasteiger partial charge in [0, 0.05) is 67.2 Å². The van der Waals surface area contributed by atoms with Gasteiger partial charge in [0.25, 0.3) is 6.71 Å². The first-order chi connectivity index (χ1) is 39.3. The lowest BCUT2D eigenvalue weighted by atomic mass is 9.33. The topological polar surface area (TPSA) is 50.1 Å². The van der Waals surface area contributed by atoms with Crippen molar-refractivity contribution >= 4 is 79.0 Å². The minimum absolute atomic E-state index is 0.00312. The number of benzene rings is 11. The molecule has 7 heteroatoms. The molecule has 11 aromatic carbocycles. The van der Waals surface area contributed by atoms with E-state index in [4.69, 9.17) is 15.0 Å². The number of para-hydroxylation sites is 4. The Hall–Kier alpha value is -10.1.